The van der Waals surface area contributed by atoms with Crippen molar-refractivity contribution in [2.24, 2.45) is 0 Å². The van der Waals surface area contributed by atoms with Crippen LogP contribution in [-0.2, 0) is 0 Å². The Morgan fingerprint density at radius 1 is 1.41 bits per heavy atom. The highest BCUT2D eigenvalue weighted by atomic mass is 19.1. The molecule has 1 nitrogen and oxygen atoms in total. The lowest BCUT2D eigenvalue weighted by Crippen LogP contribution is -1.82. The predicted octanol–water partition coefficient (Wildman–Crippen LogP) is 4.26. The SMILES string of the molecule is C=CC/C(C#N)=C(C)\C=C\c1ccc(F)cc1. The first-order valence-corrected chi connectivity index (χ1v) is 5.31. The summed E-state index contributed by atoms with van der Waals surface area (Å²) < 4.78 is 12.7. The van der Waals surface area contributed by atoms with Crippen LogP contribution in [0.15, 0.2) is 54.1 Å². The molecule has 0 aromatic heterocycles. The van der Waals surface area contributed by atoms with E-state index in [9.17, 15) is 4.39 Å². The van der Waals surface area contributed by atoms with Gasteiger partial charge in [0.1, 0.15) is 5.82 Å². The molecule has 0 aliphatic carbocycles. The minimum absolute atomic E-state index is 0.251. The Morgan fingerprint density at radius 2 is 2.06 bits per heavy atom. The lowest BCUT2D eigenvalue weighted by atomic mass is 10.1. The molecule has 17 heavy (non-hydrogen) atoms. The average molecular weight is 227 g/mol. The normalized spacial score (nSPS) is 12.1. The van der Waals surface area contributed by atoms with Gasteiger partial charge in [0, 0.05) is 12.0 Å². The van der Waals surface area contributed by atoms with E-state index in [-0.39, 0.29) is 5.82 Å². The van der Waals surface area contributed by atoms with Crippen molar-refractivity contribution >= 4 is 6.08 Å². The quantitative estimate of drug-likeness (QED) is 0.428. The second kappa shape index (κ2) is 6.44. The van der Waals surface area contributed by atoms with Gasteiger partial charge in [-0.25, -0.2) is 4.39 Å². The summed E-state index contributed by atoms with van der Waals surface area (Å²) in [4.78, 5) is 0. The summed E-state index contributed by atoms with van der Waals surface area (Å²) in [7, 11) is 0. The van der Waals surface area contributed by atoms with Crippen LogP contribution in [0.4, 0.5) is 4.39 Å². The number of benzene rings is 1. The number of halogens is 1. The van der Waals surface area contributed by atoms with Gasteiger partial charge in [0.15, 0.2) is 0 Å². The van der Waals surface area contributed by atoms with Crippen molar-refractivity contribution in [3.63, 3.8) is 0 Å². The zero-order chi connectivity index (χ0) is 12.7. The molecule has 1 aromatic rings. The van der Waals surface area contributed by atoms with Gasteiger partial charge in [-0.3, -0.25) is 0 Å². The third-order valence-corrected chi connectivity index (χ3v) is 2.36. The second-order valence-electron chi connectivity index (χ2n) is 3.65. The van der Waals surface area contributed by atoms with E-state index in [1.54, 1.807) is 18.2 Å². The topological polar surface area (TPSA) is 23.8 Å². The average Bonchev–Trinajstić information content (AvgIpc) is 2.35. The fourth-order valence-electron chi connectivity index (χ4n) is 1.33. The van der Waals surface area contributed by atoms with Crippen LogP contribution in [0.1, 0.15) is 18.9 Å². The highest BCUT2D eigenvalue weighted by Crippen LogP contribution is 2.12. The van der Waals surface area contributed by atoms with Gasteiger partial charge in [-0.1, -0.05) is 30.4 Å². The molecule has 0 atom stereocenters. The molecule has 1 aromatic carbocycles. The number of hydrogen-bond donors (Lipinski definition) is 0. The van der Waals surface area contributed by atoms with Gasteiger partial charge in [-0.2, -0.15) is 5.26 Å². The molecule has 0 aliphatic heterocycles. The van der Waals surface area contributed by atoms with Crippen molar-refractivity contribution in [2.45, 2.75) is 13.3 Å². The number of nitrogens with zero attached hydrogens (tertiary/aromatic N) is 1. The van der Waals surface area contributed by atoms with Crippen LogP contribution in [0.3, 0.4) is 0 Å². The molecular formula is C15H14FN. The van der Waals surface area contributed by atoms with Crippen LogP contribution in [0.25, 0.3) is 6.08 Å². The molecule has 0 saturated heterocycles. The molecule has 0 radical (unpaired) electrons. The highest BCUT2D eigenvalue weighted by Gasteiger charge is 1.96. The van der Waals surface area contributed by atoms with Gasteiger partial charge in [-0.05, 0) is 30.2 Å². The summed E-state index contributed by atoms with van der Waals surface area (Å²) >= 11 is 0. The zero-order valence-electron chi connectivity index (χ0n) is 9.78. The first kappa shape index (κ1) is 12.9. The third-order valence-electron chi connectivity index (χ3n) is 2.36. The second-order valence-corrected chi connectivity index (χ2v) is 3.65. The van der Waals surface area contributed by atoms with Gasteiger partial charge in [0.2, 0.25) is 0 Å². The van der Waals surface area contributed by atoms with E-state index < -0.39 is 0 Å². The Bertz CT molecular complexity index is 487. The zero-order valence-corrected chi connectivity index (χ0v) is 9.78. The molecule has 86 valence electrons. The van der Waals surface area contributed by atoms with E-state index in [0.29, 0.717) is 12.0 Å². The molecule has 0 heterocycles. The van der Waals surface area contributed by atoms with Gasteiger partial charge in [-0.15, -0.1) is 6.58 Å². The van der Waals surface area contributed by atoms with E-state index in [4.69, 9.17) is 5.26 Å². The fraction of sp³-hybridized carbons (Fsp3) is 0.133. The molecule has 2 heteroatoms. The Kier molecular flexibility index (Phi) is 4.90. The summed E-state index contributed by atoms with van der Waals surface area (Å²) in [5, 5.41) is 8.92. The first-order valence-electron chi connectivity index (χ1n) is 5.31. The van der Waals surface area contributed by atoms with Crippen LogP contribution in [0.5, 0.6) is 0 Å². The summed E-state index contributed by atoms with van der Waals surface area (Å²) in [6.07, 6.45) is 5.98. The number of hydrogen-bond acceptors (Lipinski definition) is 1. The number of allylic oxidation sites excluding steroid dienone is 4. The molecule has 1 rings (SSSR count). The lowest BCUT2D eigenvalue weighted by Gasteiger charge is -1.97. The number of nitriles is 1. The monoisotopic (exact) mass is 227 g/mol. The van der Waals surface area contributed by atoms with Crippen LogP contribution in [0.2, 0.25) is 0 Å². The molecule has 0 spiro atoms. The minimum atomic E-state index is -0.251. The summed E-state index contributed by atoms with van der Waals surface area (Å²) in [5.41, 5.74) is 2.50. The molecule has 0 bridgehead atoms. The molecule has 0 N–H and O–H groups in total. The third kappa shape index (κ3) is 4.08. The van der Waals surface area contributed by atoms with E-state index in [2.05, 4.69) is 12.6 Å². The van der Waals surface area contributed by atoms with E-state index in [0.717, 1.165) is 11.1 Å². The van der Waals surface area contributed by atoms with E-state index >= 15 is 0 Å². The summed E-state index contributed by atoms with van der Waals surface area (Å²) in [6, 6.07) is 8.35. The summed E-state index contributed by atoms with van der Waals surface area (Å²) in [6.45, 7) is 5.48. The predicted molar refractivity (Wildman–Crippen MR) is 68.6 cm³/mol. The maximum atomic E-state index is 12.7. The Balaban J connectivity index is 2.87. The maximum absolute atomic E-state index is 12.7. The largest absolute Gasteiger partial charge is 0.207 e. The van der Waals surface area contributed by atoms with Crippen LogP contribution in [0, 0.1) is 17.1 Å². The van der Waals surface area contributed by atoms with Gasteiger partial charge in [0.25, 0.3) is 0 Å². The van der Waals surface area contributed by atoms with Crippen molar-refractivity contribution in [1.82, 2.24) is 0 Å². The van der Waals surface area contributed by atoms with Crippen LogP contribution in [-0.4, -0.2) is 0 Å². The minimum Gasteiger partial charge on any atom is -0.207 e. The van der Waals surface area contributed by atoms with E-state index in [1.165, 1.54) is 12.1 Å². The molecule has 0 fully saturated rings. The maximum Gasteiger partial charge on any atom is 0.123 e. The van der Waals surface area contributed by atoms with Crippen LogP contribution >= 0.6 is 0 Å². The first-order chi connectivity index (χ1) is 8.17. The van der Waals surface area contributed by atoms with Crippen molar-refractivity contribution in [3.8, 4) is 6.07 Å². The van der Waals surface area contributed by atoms with Crippen molar-refractivity contribution in [3.05, 3.63) is 65.5 Å². The van der Waals surface area contributed by atoms with Crippen molar-refractivity contribution < 1.29 is 4.39 Å². The molecular weight excluding hydrogens is 213 g/mol. The Labute approximate surface area is 101 Å². The molecule has 0 aliphatic rings. The van der Waals surface area contributed by atoms with Gasteiger partial charge < -0.3 is 0 Å². The molecule has 0 unspecified atom stereocenters. The van der Waals surface area contributed by atoms with E-state index in [1.807, 2.05) is 19.1 Å². The molecule has 0 amide bonds. The van der Waals surface area contributed by atoms with Crippen molar-refractivity contribution in [1.29, 1.82) is 5.26 Å². The summed E-state index contributed by atoms with van der Waals surface area (Å²) in [5.74, 6) is -0.251. The lowest BCUT2D eigenvalue weighted by molar-refractivity contribution is 0.628. The molecule has 0 saturated carbocycles. The highest BCUT2D eigenvalue weighted by molar-refractivity contribution is 5.54. The van der Waals surface area contributed by atoms with Gasteiger partial charge >= 0.3 is 0 Å². The Morgan fingerprint density at radius 3 is 2.59 bits per heavy atom. The van der Waals surface area contributed by atoms with Crippen LogP contribution < -0.4 is 0 Å². The van der Waals surface area contributed by atoms with Gasteiger partial charge in [0.05, 0.1) is 6.07 Å². The number of rotatable bonds is 4. The Hall–Kier alpha value is -2.14. The van der Waals surface area contributed by atoms with Crippen molar-refractivity contribution in [2.75, 3.05) is 0 Å². The fourth-order valence-corrected chi connectivity index (χ4v) is 1.33. The smallest absolute Gasteiger partial charge is 0.123 e. The standard InChI is InChI=1S/C15H14FN/c1-3-4-14(11-17)12(2)5-6-13-7-9-15(16)10-8-13/h3,5-10H,1,4H2,2H3/b6-5+,14-12+.